The van der Waals surface area contributed by atoms with Gasteiger partial charge >= 0.3 is 0 Å². The van der Waals surface area contributed by atoms with E-state index in [2.05, 4.69) is 32.2 Å². The number of rotatable bonds is 5. The summed E-state index contributed by atoms with van der Waals surface area (Å²) in [6.07, 6.45) is 3.71. The molecule has 1 aliphatic heterocycles. The predicted octanol–water partition coefficient (Wildman–Crippen LogP) is 0.850. The Bertz CT molecular complexity index is 421. The van der Waals surface area contributed by atoms with Gasteiger partial charge in [0.2, 0.25) is 17.8 Å². The normalized spacial score (nSPS) is 18.7. The Morgan fingerprint density at radius 3 is 2.79 bits per heavy atom. The van der Waals surface area contributed by atoms with E-state index in [1.807, 2.05) is 19.0 Å². The van der Waals surface area contributed by atoms with Gasteiger partial charge < -0.3 is 9.80 Å². The maximum atomic E-state index is 5.42. The van der Waals surface area contributed by atoms with Crippen molar-refractivity contribution in [2.45, 2.75) is 26.2 Å². The molecule has 106 valence electrons. The fourth-order valence-electron chi connectivity index (χ4n) is 2.42. The predicted molar refractivity (Wildman–Crippen MR) is 77.2 cm³/mol. The van der Waals surface area contributed by atoms with Crippen molar-refractivity contribution in [1.82, 2.24) is 15.0 Å². The van der Waals surface area contributed by atoms with Crippen molar-refractivity contribution >= 4 is 17.8 Å². The standard InChI is InChI=1S/C12H23N7/c1-4-5-9-6-7-19(8-9)12-15-10(17-13)14-11(16-12)18(2)3/h9H,4-8,13H2,1-3H3,(H,14,15,16,17). The molecule has 1 unspecified atom stereocenters. The number of aromatic nitrogens is 3. The molecule has 0 aromatic carbocycles. The van der Waals surface area contributed by atoms with Crippen LogP contribution in [0.2, 0.25) is 0 Å². The molecule has 1 saturated heterocycles. The van der Waals surface area contributed by atoms with E-state index in [1.54, 1.807) is 0 Å². The number of nitrogens with two attached hydrogens (primary N) is 1. The Morgan fingerprint density at radius 2 is 2.16 bits per heavy atom. The van der Waals surface area contributed by atoms with Crippen molar-refractivity contribution < 1.29 is 0 Å². The molecular formula is C12H23N7. The Kier molecular flexibility index (Phi) is 4.36. The molecule has 0 spiro atoms. The zero-order chi connectivity index (χ0) is 13.8. The molecule has 0 saturated carbocycles. The number of hydrazine groups is 1. The quantitative estimate of drug-likeness (QED) is 0.603. The summed E-state index contributed by atoms with van der Waals surface area (Å²) in [6, 6.07) is 0. The maximum absolute atomic E-state index is 5.42. The third-order valence-corrected chi connectivity index (χ3v) is 3.41. The first kappa shape index (κ1) is 13.8. The molecule has 7 nitrogen and oxygen atoms in total. The van der Waals surface area contributed by atoms with Crippen LogP contribution in [0.1, 0.15) is 26.2 Å². The lowest BCUT2D eigenvalue weighted by atomic mass is 10.0. The monoisotopic (exact) mass is 265 g/mol. The van der Waals surface area contributed by atoms with Crippen molar-refractivity contribution in [3.05, 3.63) is 0 Å². The number of nitrogens with one attached hydrogen (secondary N) is 1. The average molecular weight is 265 g/mol. The summed E-state index contributed by atoms with van der Waals surface area (Å²) >= 11 is 0. The molecule has 1 atom stereocenters. The summed E-state index contributed by atoms with van der Waals surface area (Å²) < 4.78 is 0. The largest absolute Gasteiger partial charge is 0.347 e. The lowest BCUT2D eigenvalue weighted by Crippen LogP contribution is -2.25. The van der Waals surface area contributed by atoms with Gasteiger partial charge in [0, 0.05) is 27.2 Å². The van der Waals surface area contributed by atoms with Crippen LogP contribution in [0.3, 0.4) is 0 Å². The van der Waals surface area contributed by atoms with Crippen LogP contribution in [0.25, 0.3) is 0 Å². The van der Waals surface area contributed by atoms with Gasteiger partial charge in [-0.1, -0.05) is 13.3 Å². The zero-order valence-corrected chi connectivity index (χ0v) is 11.9. The fourth-order valence-corrected chi connectivity index (χ4v) is 2.42. The molecule has 1 aromatic rings. The van der Waals surface area contributed by atoms with Gasteiger partial charge in [-0.2, -0.15) is 15.0 Å². The number of hydrogen-bond donors (Lipinski definition) is 2. The van der Waals surface area contributed by atoms with E-state index in [0.717, 1.165) is 19.0 Å². The van der Waals surface area contributed by atoms with Gasteiger partial charge in [-0.25, -0.2) is 5.84 Å². The summed E-state index contributed by atoms with van der Waals surface area (Å²) in [5.41, 5.74) is 2.51. The Balaban J connectivity index is 2.17. The fraction of sp³-hybridized carbons (Fsp3) is 0.750. The second kappa shape index (κ2) is 6.01. The van der Waals surface area contributed by atoms with E-state index in [4.69, 9.17) is 5.84 Å². The minimum absolute atomic E-state index is 0.410. The molecule has 2 rings (SSSR count). The van der Waals surface area contributed by atoms with Crippen molar-refractivity contribution in [1.29, 1.82) is 0 Å². The molecule has 1 aliphatic rings. The van der Waals surface area contributed by atoms with Crippen LogP contribution >= 0.6 is 0 Å². The first-order valence-corrected chi connectivity index (χ1v) is 6.79. The lowest BCUT2D eigenvalue weighted by molar-refractivity contribution is 0.529. The van der Waals surface area contributed by atoms with Crippen LogP contribution in [0, 0.1) is 5.92 Å². The van der Waals surface area contributed by atoms with Crippen LogP contribution in [0.4, 0.5) is 17.8 Å². The van der Waals surface area contributed by atoms with E-state index in [1.165, 1.54) is 19.3 Å². The number of nitrogens with zero attached hydrogens (tertiary/aromatic N) is 5. The highest BCUT2D eigenvalue weighted by atomic mass is 15.4. The van der Waals surface area contributed by atoms with Gasteiger partial charge in [-0.15, -0.1) is 0 Å². The van der Waals surface area contributed by atoms with Crippen molar-refractivity contribution in [2.75, 3.05) is 42.4 Å². The Morgan fingerprint density at radius 1 is 1.37 bits per heavy atom. The van der Waals surface area contributed by atoms with E-state index in [9.17, 15) is 0 Å². The number of anilines is 3. The second-order valence-corrected chi connectivity index (χ2v) is 5.19. The van der Waals surface area contributed by atoms with Gasteiger partial charge in [0.1, 0.15) is 0 Å². The van der Waals surface area contributed by atoms with Crippen LogP contribution in [-0.2, 0) is 0 Å². The third-order valence-electron chi connectivity index (χ3n) is 3.41. The minimum atomic E-state index is 0.410. The molecule has 1 aromatic heterocycles. The Labute approximate surface area is 114 Å². The molecule has 0 radical (unpaired) electrons. The SMILES string of the molecule is CCCC1CCN(c2nc(NN)nc(N(C)C)n2)C1. The molecular weight excluding hydrogens is 242 g/mol. The van der Waals surface area contributed by atoms with Crippen molar-refractivity contribution in [3.63, 3.8) is 0 Å². The highest BCUT2D eigenvalue weighted by Gasteiger charge is 2.24. The van der Waals surface area contributed by atoms with E-state index in [0.29, 0.717) is 17.8 Å². The van der Waals surface area contributed by atoms with Crippen molar-refractivity contribution in [3.8, 4) is 0 Å². The maximum Gasteiger partial charge on any atom is 0.243 e. The zero-order valence-electron chi connectivity index (χ0n) is 11.9. The highest BCUT2D eigenvalue weighted by Crippen LogP contribution is 2.25. The molecule has 0 aliphatic carbocycles. The summed E-state index contributed by atoms with van der Waals surface area (Å²) in [5.74, 6) is 7.92. The van der Waals surface area contributed by atoms with Crippen molar-refractivity contribution in [2.24, 2.45) is 11.8 Å². The Hall–Kier alpha value is -1.63. The van der Waals surface area contributed by atoms with E-state index < -0.39 is 0 Å². The number of hydrogen-bond acceptors (Lipinski definition) is 7. The first-order chi connectivity index (χ1) is 9.13. The molecule has 1 fully saturated rings. The van der Waals surface area contributed by atoms with Crippen LogP contribution in [0.15, 0.2) is 0 Å². The molecule has 7 heteroatoms. The second-order valence-electron chi connectivity index (χ2n) is 5.19. The molecule has 0 amide bonds. The molecule has 3 N–H and O–H groups in total. The topological polar surface area (TPSA) is 83.2 Å². The third kappa shape index (κ3) is 3.23. The summed E-state index contributed by atoms with van der Waals surface area (Å²) in [5, 5.41) is 0. The smallest absolute Gasteiger partial charge is 0.243 e. The summed E-state index contributed by atoms with van der Waals surface area (Å²) in [6.45, 7) is 4.26. The molecule has 2 heterocycles. The minimum Gasteiger partial charge on any atom is -0.347 e. The van der Waals surface area contributed by atoms with E-state index in [-0.39, 0.29) is 0 Å². The number of nitrogen functional groups attached to an aromatic ring is 1. The summed E-state index contributed by atoms with van der Waals surface area (Å²) in [7, 11) is 3.81. The van der Waals surface area contributed by atoms with E-state index >= 15 is 0 Å². The molecule has 19 heavy (non-hydrogen) atoms. The highest BCUT2D eigenvalue weighted by molar-refractivity contribution is 5.44. The van der Waals surface area contributed by atoms with Gasteiger partial charge in [-0.05, 0) is 18.8 Å². The van der Waals surface area contributed by atoms with Crippen LogP contribution < -0.4 is 21.1 Å². The summed E-state index contributed by atoms with van der Waals surface area (Å²) in [4.78, 5) is 17.1. The molecule has 0 bridgehead atoms. The van der Waals surface area contributed by atoms with Gasteiger partial charge in [0.25, 0.3) is 0 Å². The van der Waals surface area contributed by atoms with Crippen LogP contribution in [-0.4, -0.2) is 42.1 Å². The average Bonchev–Trinajstić information content (AvgIpc) is 2.87. The van der Waals surface area contributed by atoms with Gasteiger partial charge in [-0.3, -0.25) is 5.43 Å². The lowest BCUT2D eigenvalue weighted by Gasteiger charge is -2.19. The van der Waals surface area contributed by atoms with Gasteiger partial charge in [0.05, 0.1) is 0 Å². The van der Waals surface area contributed by atoms with Gasteiger partial charge in [0.15, 0.2) is 0 Å². The first-order valence-electron chi connectivity index (χ1n) is 6.79. The van der Waals surface area contributed by atoms with Crippen LogP contribution in [0.5, 0.6) is 0 Å².